The highest BCUT2D eigenvalue weighted by atomic mass is 35.5. The first-order valence-corrected chi connectivity index (χ1v) is 5.96. The van der Waals surface area contributed by atoms with Gasteiger partial charge in [0.25, 0.3) is 0 Å². The molecule has 0 unspecified atom stereocenters. The molecule has 0 radical (unpaired) electrons. The molecule has 102 valence electrons. The van der Waals surface area contributed by atoms with Crippen molar-refractivity contribution in [3.05, 3.63) is 33.0 Å². The Balaban J connectivity index is 2.65. The predicted octanol–water partition coefficient (Wildman–Crippen LogP) is 4.46. The zero-order chi connectivity index (χ0) is 14.4. The fourth-order valence-electron chi connectivity index (χ4n) is 1.55. The van der Waals surface area contributed by atoms with Crippen LogP contribution in [0.2, 0.25) is 15.1 Å². The van der Waals surface area contributed by atoms with Gasteiger partial charge in [0.2, 0.25) is 0 Å². The average Bonchev–Trinajstić information content (AvgIpc) is 2.53. The van der Waals surface area contributed by atoms with E-state index in [1.54, 1.807) is 0 Å². The molecule has 2 aromatic rings. The van der Waals surface area contributed by atoms with E-state index in [0.717, 1.165) is 7.05 Å². The third-order valence-electron chi connectivity index (χ3n) is 2.29. The molecule has 0 aliphatic heterocycles. The molecule has 0 aromatic carbocycles. The van der Waals surface area contributed by atoms with Crippen molar-refractivity contribution in [2.75, 3.05) is 0 Å². The van der Waals surface area contributed by atoms with Gasteiger partial charge in [-0.25, -0.2) is 0 Å². The minimum absolute atomic E-state index is 0.0437. The van der Waals surface area contributed by atoms with E-state index in [1.807, 2.05) is 0 Å². The fraction of sp³-hybridized carbons (Fsp3) is 0.200. The molecule has 0 saturated carbocycles. The second-order valence-electron chi connectivity index (χ2n) is 3.62. The third kappa shape index (κ3) is 2.66. The van der Waals surface area contributed by atoms with E-state index in [0.29, 0.717) is 4.68 Å². The maximum atomic E-state index is 12.8. The summed E-state index contributed by atoms with van der Waals surface area (Å²) in [6.07, 6.45) is -3.36. The number of aromatic nitrogens is 3. The zero-order valence-corrected chi connectivity index (χ0v) is 11.5. The van der Waals surface area contributed by atoms with Crippen molar-refractivity contribution < 1.29 is 13.2 Å². The Morgan fingerprint density at radius 1 is 1.16 bits per heavy atom. The first-order chi connectivity index (χ1) is 8.71. The minimum Gasteiger partial charge on any atom is -0.261 e. The summed E-state index contributed by atoms with van der Waals surface area (Å²) in [4.78, 5) is 3.85. The molecule has 0 atom stereocenters. The lowest BCUT2D eigenvalue weighted by atomic mass is 10.2. The molecule has 2 rings (SSSR count). The summed E-state index contributed by atoms with van der Waals surface area (Å²) in [5.74, 6) is 0. The molecule has 0 spiro atoms. The SMILES string of the molecule is Cn1nc(-c2ncc(Cl)cc2Cl)c(Cl)c1C(F)(F)F. The maximum absolute atomic E-state index is 12.8. The van der Waals surface area contributed by atoms with Gasteiger partial charge in [-0.2, -0.15) is 18.3 Å². The van der Waals surface area contributed by atoms with Crippen molar-refractivity contribution in [2.24, 2.45) is 7.05 Å². The molecule has 0 saturated heterocycles. The van der Waals surface area contributed by atoms with Crippen LogP contribution < -0.4 is 0 Å². The van der Waals surface area contributed by atoms with Gasteiger partial charge in [-0.1, -0.05) is 34.8 Å². The molecule has 9 heteroatoms. The molecule has 0 fully saturated rings. The fourth-order valence-corrected chi connectivity index (χ4v) is 2.37. The van der Waals surface area contributed by atoms with E-state index in [9.17, 15) is 13.2 Å². The zero-order valence-electron chi connectivity index (χ0n) is 9.26. The molecule has 0 amide bonds. The highest BCUT2D eigenvalue weighted by Crippen LogP contribution is 2.40. The molecule has 0 N–H and O–H groups in total. The number of pyridine rings is 1. The second kappa shape index (κ2) is 4.85. The Kier molecular flexibility index (Phi) is 3.68. The second-order valence-corrected chi connectivity index (χ2v) is 4.84. The van der Waals surface area contributed by atoms with Crippen LogP contribution in [0.5, 0.6) is 0 Å². The van der Waals surface area contributed by atoms with Gasteiger partial charge in [0.15, 0.2) is 5.69 Å². The van der Waals surface area contributed by atoms with Crippen molar-refractivity contribution in [3.8, 4) is 11.4 Å². The van der Waals surface area contributed by atoms with Gasteiger partial charge in [0, 0.05) is 13.2 Å². The average molecular weight is 331 g/mol. The highest BCUT2D eigenvalue weighted by Gasteiger charge is 2.39. The van der Waals surface area contributed by atoms with Crippen LogP contribution >= 0.6 is 34.8 Å². The first kappa shape index (κ1) is 14.4. The smallest absolute Gasteiger partial charge is 0.261 e. The Bertz CT molecular complexity index is 637. The Labute approximate surface area is 120 Å². The first-order valence-electron chi connectivity index (χ1n) is 4.83. The third-order valence-corrected chi connectivity index (χ3v) is 3.14. The van der Waals surface area contributed by atoms with Crippen LogP contribution in [-0.4, -0.2) is 14.8 Å². The summed E-state index contributed by atoms with van der Waals surface area (Å²) in [6, 6.07) is 1.35. The predicted molar refractivity (Wildman–Crippen MR) is 66.5 cm³/mol. The molecular weight excluding hydrogens is 325 g/mol. The van der Waals surface area contributed by atoms with E-state index >= 15 is 0 Å². The lowest BCUT2D eigenvalue weighted by Crippen LogP contribution is -2.12. The van der Waals surface area contributed by atoms with Crippen LogP contribution in [0.1, 0.15) is 5.69 Å². The van der Waals surface area contributed by atoms with Crippen LogP contribution in [0.25, 0.3) is 11.4 Å². The van der Waals surface area contributed by atoms with Gasteiger partial charge >= 0.3 is 6.18 Å². The van der Waals surface area contributed by atoms with Crippen molar-refractivity contribution in [2.45, 2.75) is 6.18 Å². The lowest BCUT2D eigenvalue weighted by molar-refractivity contribution is -0.143. The van der Waals surface area contributed by atoms with Crippen LogP contribution in [0, 0.1) is 0 Å². The summed E-state index contributed by atoms with van der Waals surface area (Å²) in [6.45, 7) is 0. The number of rotatable bonds is 1. The summed E-state index contributed by atoms with van der Waals surface area (Å²) in [5.41, 5.74) is -1.16. The van der Waals surface area contributed by atoms with Gasteiger partial charge < -0.3 is 0 Å². The quantitative estimate of drug-likeness (QED) is 0.773. The van der Waals surface area contributed by atoms with Gasteiger partial charge in [-0.05, 0) is 6.07 Å². The Morgan fingerprint density at radius 2 is 1.79 bits per heavy atom. The van der Waals surface area contributed by atoms with Crippen LogP contribution in [0.3, 0.4) is 0 Å². The summed E-state index contributed by atoms with van der Waals surface area (Å²) >= 11 is 17.3. The molecule has 0 aliphatic carbocycles. The molecule has 2 heterocycles. The molecule has 3 nitrogen and oxygen atoms in total. The maximum Gasteiger partial charge on any atom is 0.434 e. The van der Waals surface area contributed by atoms with E-state index in [4.69, 9.17) is 34.8 Å². The number of nitrogens with zero attached hydrogens (tertiary/aromatic N) is 3. The van der Waals surface area contributed by atoms with Crippen molar-refractivity contribution >= 4 is 34.8 Å². The highest BCUT2D eigenvalue weighted by molar-refractivity contribution is 6.37. The van der Waals surface area contributed by atoms with Crippen molar-refractivity contribution in [1.29, 1.82) is 0 Å². The number of hydrogen-bond acceptors (Lipinski definition) is 2. The van der Waals surface area contributed by atoms with Crippen molar-refractivity contribution in [1.82, 2.24) is 14.8 Å². The summed E-state index contributed by atoms with van der Waals surface area (Å²) < 4.78 is 39.0. The van der Waals surface area contributed by atoms with Gasteiger partial charge in [-0.15, -0.1) is 0 Å². The molecular formula is C10H5Cl3F3N3. The lowest BCUT2D eigenvalue weighted by Gasteiger charge is -2.06. The van der Waals surface area contributed by atoms with E-state index in [-0.39, 0.29) is 21.4 Å². The molecule has 0 aliphatic rings. The number of hydrogen-bond donors (Lipinski definition) is 0. The summed E-state index contributed by atoms with van der Waals surface area (Å²) in [7, 11) is 1.14. The minimum atomic E-state index is -4.62. The van der Waals surface area contributed by atoms with Crippen LogP contribution in [0.4, 0.5) is 13.2 Å². The van der Waals surface area contributed by atoms with E-state index in [1.165, 1.54) is 12.3 Å². The Hall–Kier alpha value is -0.980. The van der Waals surface area contributed by atoms with Gasteiger partial charge in [0.05, 0.1) is 10.0 Å². The van der Waals surface area contributed by atoms with E-state index in [2.05, 4.69) is 10.1 Å². The van der Waals surface area contributed by atoms with Crippen molar-refractivity contribution in [3.63, 3.8) is 0 Å². The van der Waals surface area contributed by atoms with Crippen LogP contribution in [-0.2, 0) is 13.2 Å². The largest absolute Gasteiger partial charge is 0.434 e. The standard InChI is InChI=1S/C10H5Cl3F3N3/c1-19-9(10(14,15)16)6(13)8(18-19)7-5(12)2-4(11)3-17-7/h2-3H,1H3. The number of alkyl halides is 3. The molecule has 2 aromatic heterocycles. The normalized spacial score (nSPS) is 11.9. The number of halogens is 6. The topological polar surface area (TPSA) is 30.7 Å². The Morgan fingerprint density at radius 3 is 2.26 bits per heavy atom. The summed E-state index contributed by atoms with van der Waals surface area (Å²) in [5, 5.41) is 3.49. The van der Waals surface area contributed by atoms with Gasteiger partial charge in [0.1, 0.15) is 16.4 Å². The van der Waals surface area contributed by atoms with Crippen LogP contribution in [0.15, 0.2) is 12.3 Å². The molecule has 19 heavy (non-hydrogen) atoms. The monoisotopic (exact) mass is 329 g/mol. The van der Waals surface area contributed by atoms with Gasteiger partial charge in [-0.3, -0.25) is 9.67 Å². The number of aryl methyl sites for hydroxylation is 1. The van der Waals surface area contributed by atoms with E-state index < -0.39 is 16.9 Å². The molecule has 0 bridgehead atoms.